The molecule has 1 saturated carbocycles. The Bertz CT molecular complexity index is 185. The van der Waals surface area contributed by atoms with E-state index in [1.807, 2.05) is 6.92 Å². The molecule has 0 aromatic rings. The molecule has 0 bridgehead atoms. The largest absolute Gasteiger partial charge is 0.462 e. The van der Waals surface area contributed by atoms with Crippen LogP contribution in [0.3, 0.4) is 0 Å². The molecule has 2 nitrogen and oxygen atoms in total. The van der Waals surface area contributed by atoms with Gasteiger partial charge >= 0.3 is 5.97 Å². The molecule has 0 radical (unpaired) electrons. The molecule has 0 aromatic carbocycles. The summed E-state index contributed by atoms with van der Waals surface area (Å²) in [7, 11) is 0. The molecule has 1 rings (SSSR count). The maximum absolute atomic E-state index is 11.1. The average molecular weight is 184 g/mol. The number of carbonyl (C=O) groups excluding carboxylic acids is 1. The highest BCUT2D eigenvalue weighted by molar-refractivity contribution is 5.69. The Morgan fingerprint density at radius 2 is 2.15 bits per heavy atom. The lowest BCUT2D eigenvalue weighted by Gasteiger charge is -2.37. The fourth-order valence-electron chi connectivity index (χ4n) is 1.92. The minimum Gasteiger partial charge on any atom is -0.462 e. The molecule has 0 spiro atoms. The third kappa shape index (κ3) is 2.71. The van der Waals surface area contributed by atoms with E-state index in [-0.39, 0.29) is 17.5 Å². The standard InChI is InChI=1S/C11H20O2/c1-4-10(12)13-9-7-5-6-8-11(9,2)3/h9H,4-8H2,1-3H3. The molecule has 0 aromatic heterocycles. The summed E-state index contributed by atoms with van der Waals surface area (Å²) in [4.78, 5) is 11.1. The van der Waals surface area contributed by atoms with Crippen molar-refractivity contribution < 1.29 is 9.53 Å². The first-order valence-electron chi connectivity index (χ1n) is 5.26. The Kier molecular flexibility index (Phi) is 3.34. The Morgan fingerprint density at radius 3 is 2.69 bits per heavy atom. The first kappa shape index (κ1) is 10.6. The van der Waals surface area contributed by atoms with Crippen molar-refractivity contribution in [3.8, 4) is 0 Å². The number of esters is 1. The van der Waals surface area contributed by atoms with E-state index in [1.54, 1.807) is 0 Å². The number of rotatable bonds is 2. The normalized spacial score (nSPS) is 26.8. The fraction of sp³-hybridized carbons (Fsp3) is 0.909. The number of hydrogen-bond donors (Lipinski definition) is 0. The van der Waals surface area contributed by atoms with Crippen LogP contribution >= 0.6 is 0 Å². The zero-order chi connectivity index (χ0) is 9.90. The van der Waals surface area contributed by atoms with Crippen LogP contribution in [0, 0.1) is 5.41 Å². The molecule has 1 aliphatic rings. The monoisotopic (exact) mass is 184 g/mol. The van der Waals surface area contributed by atoms with Crippen LogP contribution in [0.2, 0.25) is 0 Å². The maximum atomic E-state index is 11.1. The average Bonchev–Trinajstić information content (AvgIpc) is 2.08. The summed E-state index contributed by atoms with van der Waals surface area (Å²) < 4.78 is 5.42. The van der Waals surface area contributed by atoms with Crippen molar-refractivity contribution >= 4 is 5.97 Å². The van der Waals surface area contributed by atoms with Crippen LogP contribution < -0.4 is 0 Å². The number of hydrogen-bond acceptors (Lipinski definition) is 2. The molecular formula is C11H20O2. The smallest absolute Gasteiger partial charge is 0.305 e. The van der Waals surface area contributed by atoms with Crippen molar-refractivity contribution in [3.05, 3.63) is 0 Å². The summed E-state index contributed by atoms with van der Waals surface area (Å²) in [5, 5.41) is 0. The van der Waals surface area contributed by atoms with Crippen molar-refractivity contribution in [1.82, 2.24) is 0 Å². The summed E-state index contributed by atoms with van der Waals surface area (Å²) in [5.74, 6) is -0.0556. The molecule has 0 saturated heterocycles. The van der Waals surface area contributed by atoms with Gasteiger partial charge in [0.05, 0.1) is 0 Å². The molecule has 1 atom stereocenters. The van der Waals surface area contributed by atoms with E-state index in [9.17, 15) is 4.79 Å². The van der Waals surface area contributed by atoms with E-state index in [4.69, 9.17) is 4.74 Å². The quantitative estimate of drug-likeness (QED) is 0.617. The zero-order valence-electron chi connectivity index (χ0n) is 8.93. The second kappa shape index (κ2) is 4.12. The van der Waals surface area contributed by atoms with Crippen LogP contribution in [0.4, 0.5) is 0 Å². The molecule has 1 aliphatic carbocycles. The van der Waals surface area contributed by atoms with Gasteiger partial charge in [-0.25, -0.2) is 0 Å². The van der Waals surface area contributed by atoms with Gasteiger partial charge in [0.1, 0.15) is 6.10 Å². The summed E-state index contributed by atoms with van der Waals surface area (Å²) in [6, 6.07) is 0. The summed E-state index contributed by atoms with van der Waals surface area (Å²) in [6.45, 7) is 6.23. The van der Waals surface area contributed by atoms with E-state index in [0.717, 1.165) is 6.42 Å². The van der Waals surface area contributed by atoms with Crippen molar-refractivity contribution in [2.45, 2.75) is 59.0 Å². The number of carbonyl (C=O) groups is 1. The Balaban J connectivity index is 2.51. The van der Waals surface area contributed by atoms with Crippen LogP contribution in [-0.2, 0) is 9.53 Å². The highest BCUT2D eigenvalue weighted by atomic mass is 16.5. The molecule has 13 heavy (non-hydrogen) atoms. The minimum atomic E-state index is -0.0556. The second-order valence-electron chi connectivity index (χ2n) is 4.57. The fourth-order valence-corrected chi connectivity index (χ4v) is 1.92. The van der Waals surface area contributed by atoms with Gasteiger partial charge in [0.25, 0.3) is 0 Å². The third-order valence-electron chi connectivity index (χ3n) is 2.97. The summed E-state index contributed by atoms with van der Waals surface area (Å²) in [6.07, 6.45) is 5.33. The van der Waals surface area contributed by atoms with Gasteiger partial charge in [-0.2, -0.15) is 0 Å². The molecule has 0 amide bonds. The van der Waals surface area contributed by atoms with Crippen molar-refractivity contribution in [1.29, 1.82) is 0 Å². The Morgan fingerprint density at radius 1 is 1.46 bits per heavy atom. The Hall–Kier alpha value is -0.530. The topological polar surface area (TPSA) is 26.3 Å². The van der Waals surface area contributed by atoms with Crippen LogP contribution in [0.5, 0.6) is 0 Å². The minimum absolute atomic E-state index is 0.0556. The van der Waals surface area contributed by atoms with Crippen molar-refractivity contribution in [2.75, 3.05) is 0 Å². The maximum Gasteiger partial charge on any atom is 0.305 e. The molecule has 1 fully saturated rings. The van der Waals surface area contributed by atoms with Gasteiger partial charge in [-0.15, -0.1) is 0 Å². The van der Waals surface area contributed by atoms with Gasteiger partial charge in [0.2, 0.25) is 0 Å². The van der Waals surface area contributed by atoms with Crippen molar-refractivity contribution in [2.24, 2.45) is 5.41 Å². The van der Waals surface area contributed by atoms with Gasteiger partial charge in [0, 0.05) is 11.8 Å². The lowest BCUT2D eigenvalue weighted by molar-refractivity contribution is -0.157. The third-order valence-corrected chi connectivity index (χ3v) is 2.97. The lowest BCUT2D eigenvalue weighted by Crippen LogP contribution is -2.36. The summed E-state index contributed by atoms with van der Waals surface area (Å²) in [5.41, 5.74) is 0.184. The highest BCUT2D eigenvalue weighted by Crippen LogP contribution is 2.37. The van der Waals surface area contributed by atoms with Gasteiger partial charge in [0.15, 0.2) is 0 Å². The zero-order valence-corrected chi connectivity index (χ0v) is 8.93. The van der Waals surface area contributed by atoms with E-state index < -0.39 is 0 Å². The van der Waals surface area contributed by atoms with Crippen molar-refractivity contribution in [3.63, 3.8) is 0 Å². The van der Waals surface area contributed by atoms with Gasteiger partial charge in [-0.1, -0.05) is 27.2 Å². The first-order chi connectivity index (χ1) is 6.06. The molecular weight excluding hydrogens is 164 g/mol. The molecule has 1 unspecified atom stereocenters. The van der Waals surface area contributed by atoms with E-state index in [2.05, 4.69) is 13.8 Å². The van der Waals surface area contributed by atoms with Crippen LogP contribution in [0.25, 0.3) is 0 Å². The van der Waals surface area contributed by atoms with Crippen LogP contribution in [0.1, 0.15) is 52.9 Å². The molecule has 76 valence electrons. The van der Waals surface area contributed by atoms with Gasteiger partial charge in [-0.05, 0) is 19.3 Å². The van der Waals surface area contributed by atoms with E-state index in [1.165, 1.54) is 19.3 Å². The Labute approximate surface area is 80.7 Å². The molecule has 0 heterocycles. The molecule has 2 heteroatoms. The lowest BCUT2D eigenvalue weighted by atomic mass is 9.75. The van der Waals surface area contributed by atoms with Gasteiger partial charge < -0.3 is 4.74 Å². The van der Waals surface area contributed by atoms with Crippen LogP contribution in [-0.4, -0.2) is 12.1 Å². The first-order valence-corrected chi connectivity index (χ1v) is 5.26. The van der Waals surface area contributed by atoms with Gasteiger partial charge in [-0.3, -0.25) is 4.79 Å². The number of ether oxygens (including phenoxy) is 1. The molecule has 0 N–H and O–H groups in total. The van der Waals surface area contributed by atoms with Crippen LogP contribution in [0.15, 0.2) is 0 Å². The van der Waals surface area contributed by atoms with E-state index >= 15 is 0 Å². The SMILES string of the molecule is CCC(=O)OC1CCCCC1(C)C. The van der Waals surface area contributed by atoms with E-state index in [0.29, 0.717) is 6.42 Å². The predicted molar refractivity (Wildman–Crippen MR) is 52.4 cm³/mol. The highest BCUT2D eigenvalue weighted by Gasteiger charge is 2.34. The molecule has 0 aliphatic heterocycles. The summed E-state index contributed by atoms with van der Waals surface area (Å²) >= 11 is 0. The second-order valence-corrected chi connectivity index (χ2v) is 4.57. The predicted octanol–water partition coefficient (Wildman–Crippen LogP) is 2.91.